The van der Waals surface area contributed by atoms with E-state index in [9.17, 15) is 4.79 Å². The summed E-state index contributed by atoms with van der Waals surface area (Å²) in [6.07, 6.45) is 5.98. The highest BCUT2D eigenvalue weighted by atomic mass is 16.2. The molecule has 1 saturated carbocycles. The van der Waals surface area contributed by atoms with Crippen molar-refractivity contribution in [1.29, 1.82) is 0 Å². The van der Waals surface area contributed by atoms with Gasteiger partial charge in [-0.05, 0) is 30.9 Å². The minimum Gasteiger partial charge on any atom is -0.267 e. The van der Waals surface area contributed by atoms with E-state index >= 15 is 0 Å². The van der Waals surface area contributed by atoms with Crippen LogP contribution in [0.3, 0.4) is 0 Å². The summed E-state index contributed by atoms with van der Waals surface area (Å²) in [4.78, 5) is 11.8. The van der Waals surface area contributed by atoms with Crippen molar-refractivity contribution in [3.63, 3.8) is 0 Å². The van der Waals surface area contributed by atoms with Gasteiger partial charge in [-0.2, -0.15) is 10.2 Å². The van der Waals surface area contributed by atoms with E-state index < -0.39 is 0 Å². The lowest BCUT2D eigenvalue weighted by molar-refractivity contribution is 0.0955. The van der Waals surface area contributed by atoms with Gasteiger partial charge >= 0.3 is 0 Å². The van der Waals surface area contributed by atoms with E-state index in [0.717, 1.165) is 5.69 Å². The number of aryl methyl sites for hydroxylation is 1. The molecule has 0 bridgehead atoms. The molecular weight excluding hydrogens is 252 g/mol. The van der Waals surface area contributed by atoms with Crippen molar-refractivity contribution >= 4 is 12.1 Å². The third-order valence-electron chi connectivity index (χ3n) is 3.42. The molecule has 1 aliphatic carbocycles. The molecule has 0 saturated heterocycles. The number of aromatic nitrogens is 2. The van der Waals surface area contributed by atoms with E-state index in [1.807, 2.05) is 31.4 Å². The number of nitrogens with zero attached hydrogens (tertiary/aromatic N) is 3. The predicted octanol–water partition coefficient (Wildman–Crippen LogP) is 2.06. The molecule has 1 aromatic carbocycles. The quantitative estimate of drug-likeness (QED) is 0.681. The van der Waals surface area contributed by atoms with Crippen LogP contribution in [-0.2, 0) is 7.05 Å². The van der Waals surface area contributed by atoms with Gasteiger partial charge in [0.05, 0.1) is 18.1 Å². The Morgan fingerprint density at radius 3 is 2.85 bits per heavy atom. The Bertz CT molecular complexity index is 641. The van der Waals surface area contributed by atoms with E-state index in [4.69, 9.17) is 0 Å². The zero-order valence-corrected chi connectivity index (χ0v) is 11.3. The van der Waals surface area contributed by atoms with Crippen molar-refractivity contribution in [2.75, 3.05) is 0 Å². The van der Waals surface area contributed by atoms with Gasteiger partial charge in [0.1, 0.15) is 0 Å². The summed E-state index contributed by atoms with van der Waals surface area (Å²) in [7, 11) is 1.88. The molecule has 1 fully saturated rings. The van der Waals surface area contributed by atoms with Gasteiger partial charge in [-0.3, -0.25) is 9.48 Å². The first-order valence-electron chi connectivity index (χ1n) is 6.66. The molecule has 3 rings (SSSR count). The molecule has 1 N–H and O–H groups in total. The summed E-state index contributed by atoms with van der Waals surface area (Å²) in [5.74, 6) is 0.395. The number of hydrogen-bond acceptors (Lipinski definition) is 3. The van der Waals surface area contributed by atoms with Crippen molar-refractivity contribution in [3.05, 3.63) is 53.3 Å². The van der Waals surface area contributed by atoms with Crippen LogP contribution in [0.1, 0.15) is 40.4 Å². The second-order valence-corrected chi connectivity index (χ2v) is 4.95. The predicted molar refractivity (Wildman–Crippen MR) is 76.7 cm³/mol. The van der Waals surface area contributed by atoms with Gasteiger partial charge in [-0.15, -0.1) is 0 Å². The molecule has 1 aromatic heterocycles. The maximum absolute atomic E-state index is 11.8. The fourth-order valence-corrected chi connectivity index (χ4v) is 2.14. The van der Waals surface area contributed by atoms with E-state index in [1.54, 1.807) is 23.0 Å². The summed E-state index contributed by atoms with van der Waals surface area (Å²) in [6, 6.07) is 9.03. The highest BCUT2D eigenvalue weighted by Crippen LogP contribution is 2.41. The van der Waals surface area contributed by atoms with Crippen molar-refractivity contribution in [1.82, 2.24) is 15.2 Å². The first kappa shape index (κ1) is 12.6. The Labute approximate surface area is 117 Å². The smallest absolute Gasteiger partial charge is 0.267 e. The van der Waals surface area contributed by atoms with E-state index in [0.29, 0.717) is 11.5 Å². The van der Waals surface area contributed by atoms with Gasteiger partial charge in [-0.25, -0.2) is 5.43 Å². The molecular formula is C15H16N4O. The molecule has 1 heterocycles. The Balaban J connectivity index is 1.69. The van der Waals surface area contributed by atoms with E-state index in [1.165, 1.54) is 18.4 Å². The molecule has 0 spiro atoms. The number of amides is 1. The minimum absolute atomic E-state index is 0.211. The van der Waals surface area contributed by atoms with Crippen LogP contribution in [0.5, 0.6) is 0 Å². The highest BCUT2D eigenvalue weighted by molar-refractivity contribution is 5.94. The van der Waals surface area contributed by atoms with Gasteiger partial charge in [-0.1, -0.05) is 18.2 Å². The number of nitrogens with one attached hydrogen (secondary N) is 1. The Hall–Kier alpha value is -2.43. The zero-order chi connectivity index (χ0) is 13.9. The normalized spacial score (nSPS) is 14.7. The van der Waals surface area contributed by atoms with Crippen LogP contribution in [-0.4, -0.2) is 21.9 Å². The Morgan fingerprint density at radius 2 is 2.15 bits per heavy atom. The topological polar surface area (TPSA) is 59.3 Å². The fourth-order valence-electron chi connectivity index (χ4n) is 2.14. The van der Waals surface area contributed by atoms with Gasteiger partial charge in [0.25, 0.3) is 5.91 Å². The van der Waals surface area contributed by atoms with Gasteiger partial charge < -0.3 is 0 Å². The van der Waals surface area contributed by atoms with Crippen molar-refractivity contribution in [3.8, 4) is 0 Å². The first-order chi connectivity index (χ1) is 9.75. The third-order valence-corrected chi connectivity index (χ3v) is 3.42. The molecule has 5 nitrogen and oxygen atoms in total. The van der Waals surface area contributed by atoms with Crippen LogP contribution in [0, 0.1) is 0 Å². The SMILES string of the molecule is Cn1ncc(C2CC2)c1/C=N/NC(=O)c1ccccc1. The molecule has 0 aliphatic heterocycles. The summed E-state index contributed by atoms with van der Waals surface area (Å²) >= 11 is 0. The van der Waals surface area contributed by atoms with Crippen LogP contribution in [0.15, 0.2) is 41.6 Å². The number of hydrogen-bond donors (Lipinski definition) is 1. The van der Waals surface area contributed by atoms with Crippen LogP contribution < -0.4 is 5.43 Å². The second kappa shape index (κ2) is 5.28. The summed E-state index contributed by atoms with van der Waals surface area (Å²) < 4.78 is 1.78. The molecule has 1 amide bonds. The molecule has 5 heteroatoms. The molecule has 102 valence electrons. The maximum Gasteiger partial charge on any atom is 0.271 e. The largest absolute Gasteiger partial charge is 0.271 e. The number of rotatable bonds is 4. The third kappa shape index (κ3) is 2.61. The minimum atomic E-state index is -0.211. The van der Waals surface area contributed by atoms with Crippen LogP contribution in [0.2, 0.25) is 0 Å². The highest BCUT2D eigenvalue weighted by Gasteiger charge is 2.27. The molecule has 0 unspecified atom stereocenters. The lowest BCUT2D eigenvalue weighted by Crippen LogP contribution is -2.17. The number of hydrazone groups is 1. The van der Waals surface area contributed by atoms with Gasteiger partial charge in [0.2, 0.25) is 0 Å². The van der Waals surface area contributed by atoms with Gasteiger partial charge in [0, 0.05) is 18.2 Å². The molecule has 2 aromatic rings. The van der Waals surface area contributed by atoms with Crippen molar-refractivity contribution in [2.24, 2.45) is 12.1 Å². The summed E-state index contributed by atoms with van der Waals surface area (Å²) in [6.45, 7) is 0. The molecule has 0 atom stereocenters. The van der Waals surface area contributed by atoms with Crippen molar-refractivity contribution in [2.45, 2.75) is 18.8 Å². The number of benzene rings is 1. The van der Waals surface area contributed by atoms with E-state index in [2.05, 4.69) is 15.6 Å². The van der Waals surface area contributed by atoms with Crippen molar-refractivity contribution < 1.29 is 4.79 Å². The summed E-state index contributed by atoms with van der Waals surface area (Å²) in [5, 5.41) is 8.28. The Kier molecular flexibility index (Phi) is 3.33. The molecule has 20 heavy (non-hydrogen) atoms. The number of carbonyl (C=O) groups excluding carboxylic acids is 1. The lowest BCUT2D eigenvalue weighted by atomic mass is 10.2. The van der Waals surface area contributed by atoms with Crippen LogP contribution >= 0.6 is 0 Å². The molecule has 0 radical (unpaired) electrons. The molecule has 1 aliphatic rings. The van der Waals surface area contributed by atoms with E-state index in [-0.39, 0.29) is 5.91 Å². The fraction of sp³-hybridized carbons (Fsp3) is 0.267. The summed E-state index contributed by atoms with van der Waals surface area (Å²) in [5.41, 5.74) is 5.31. The zero-order valence-electron chi connectivity index (χ0n) is 11.3. The Morgan fingerprint density at radius 1 is 1.40 bits per heavy atom. The maximum atomic E-state index is 11.8. The second-order valence-electron chi connectivity index (χ2n) is 4.95. The average Bonchev–Trinajstić information content (AvgIpc) is 3.25. The number of carbonyl (C=O) groups is 1. The monoisotopic (exact) mass is 268 g/mol. The standard InChI is InChI=1S/C15H16N4O/c1-19-14(13(9-17-19)11-7-8-11)10-16-18-15(20)12-5-3-2-4-6-12/h2-6,9-11H,7-8H2,1H3,(H,18,20)/b16-10+. The van der Waals surface area contributed by atoms with Crippen LogP contribution in [0.4, 0.5) is 0 Å². The van der Waals surface area contributed by atoms with Gasteiger partial charge in [0.15, 0.2) is 0 Å². The van der Waals surface area contributed by atoms with Crippen LogP contribution in [0.25, 0.3) is 0 Å². The lowest BCUT2D eigenvalue weighted by Gasteiger charge is -2.01. The average molecular weight is 268 g/mol. The first-order valence-corrected chi connectivity index (χ1v) is 6.66.